The zero-order valence-electron chi connectivity index (χ0n) is 10.9. The number of hydrogen-bond donors (Lipinski definition) is 1. The molecule has 94 valence electrons. The third-order valence-electron chi connectivity index (χ3n) is 2.84. The molecule has 0 fully saturated rings. The Labute approximate surface area is 112 Å². The summed E-state index contributed by atoms with van der Waals surface area (Å²) in [6.07, 6.45) is 2.04. The van der Waals surface area contributed by atoms with Crippen LogP contribution in [-0.4, -0.2) is 11.4 Å². The molecule has 0 saturated carbocycles. The van der Waals surface area contributed by atoms with Crippen LogP contribution >= 0.6 is 15.9 Å². The molecule has 17 heavy (non-hydrogen) atoms. The van der Waals surface area contributed by atoms with Crippen molar-refractivity contribution in [2.75, 3.05) is 0 Å². The van der Waals surface area contributed by atoms with E-state index in [1.165, 1.54) is 0 Å². The predicted molar refractivity (Wildman–Crippen MR) is 75.3 cm³/mol. The largest absolute Gasteiger partial charge is 0.347 e. The molecule has 1 amide bonds. The maximum absolute atomic E-state index is 12.2. The van der Waals surface area contributed by atoms with Crippen LogP contribution in [0.5, 0.6) is 0 Å². The zero-order chi connectivity index (χ0) is 13.1. The molecule has 1 aromatic rings. The third kappa shape index (κ3) is 3.84. The Morgan fingerprint density at radius 2 is 2.06 bits per heavy atom. The van der Waals surface area contributed by atoms with Gasteiger partial charge in [0.1, 0.15) is 0 Å². The number of halogens is 1. The minimum Gasteiger partial charge on any atom is -0.347 e. The van der Waals surface area contributed by atoms with E-state index in [1.54, 1.807) is 0 Å². The molecule has 1 N–H and O–H groups in total. The highest BCUT2D eigenvalue weighted by atomic mass is 79.9. The van der Waals surface area contributed by atoms with Gasteiger partial charge in [-0.2, -0.15) is 0 Å². The van der Waals surface area contributed by atoms with Crippen molar-refractivity contribution in [3.63, 3.8) is 0 Å². The molecule has 1 rings (SSSR count). The lowest BCUT2D eigenvalue weighted by Gasteiger charge is -2.26. The average Bonchev–Trinajstić information content (AvgIpc) is 2.21. The summed E-state index contributed by atoms with van der Waals surface area (Å²) in [5.41, 5.74) is 1.57. The Morgan fingerprint density at radius 3 is 2.65 bits per heavy atom. The average molecular weight is 298 g/mol. The summed E-state index contributed by atoms with van der Waals surface area (Å²) in [6, 6.07) is 5.69. The molecule has 0 aromatic heterocycles. The second kappa shape index (κ2) is 5.67. The van der Waals surface area contributed by atoms with Gasteiger partial charge in [-0.25, -0.2) is 0 Å². The van der Waals surface area contributed by atoms with Gasteiger partial charge in [-0.15, -0.1) is 0 Å². The molecule has 0 saturated heterocycles. The minimum absolute atomic E-state index is 0.00208. The number of carbonyl (C=O) groups is 1. The lowest BCUT2D eigenvalue weighted by Crippen LogP contribution is -2.43. The highest BCUT2D eigenvalue weighted by Crippen LogP contribution is 2.20. The van der Waals surface area contributed by atoms with Crippen LogP contribution in [0.1, 0.15) is 49.5 Å². The van der Waals surface area contributed by atoms with Crippen molar-refractivity contribution in [2.45, 2.75) is 46.1 Å². The van der Waals surface area contributed by atoms with Crippen molar-refractivity contribution in [1.29, 1.82) is 0 Å². The van der Waals surface area contributed by atoms with E-state index < -0.39 is 0 Å². The summed E-state index contributed by atoms with van der Waals surface area (Å²) >= 11 is 3.44. The molecule has 0 radical (unpaired) electrons. The fourth-order valence-electron chi connectivity index (χ4n) is 1.92. The first-order valence-electron chi connectivity index (χ1n) is 5.95. The highest BCUT2D eigenvalue weighted by Gasteiger charge is 2.21. The monoisotopic (exact) mass is 297 g/mol. The lowest BCUT2D eigenvalue weighted by atomic mass is 9.97. The van der Waals surface area contributed by atoms with Crippen LogP contribution in [0.15, 0.2) is 22.7 Å². The molecule has 0 aliphatic heterocycles. The van der Waals surface area contributed by atoms with Crippen LogP contribution in [0.2, 0.25) is 0 Å². The van der Waals surface area contributed by atoms with Gasteiger partial charge in [0.2, 0.25) is 0 Å². The van der Waals surface area contributed by atoms with E-state index >= 15 is 0 Å². The Bertz CT molecular complexity index is 413. The van der Waals surface area contributed by atoms with E-state index in [9.17, 15) is 4.79 Å². The molecular formula is C14H20BrNO. The fraction of sp³-hybridized carbons (Fsp3) is 0.500. The molecule has 0 atom stereocenters. The van der Waals surface area contributed by atoms with E-state index in [2.05, 4.69) is 42.0 Å². The Morgan fingerprint density at radius 1 is 1.41 bits per heavy atom. The van der Waals surface area contributed by atoms with Crippen molar-refractivity contribution >= 4 is 21.8 Å². The van der Waals surface area contributed by atoms with Gasteiger partial charge < -0.3 is 5.32 Å². The standard InChI is InChI=1S/C14H20BrNO/c1-5-9-14(3,4)16-13(17)11-7-6-8-12(15)10(11)2/h6-8H,5,9H2,1-4H3,(H,16,17). The van der Waals surface area contributed by atoms with Gasteiger partial charge in [-0.3, -0.25) is 4.79 Å². The summed E-state index contributed by atoms with van der Waals surface area (Å²) in [6.45, 7) is 8.19. The number of carbonyl (C=O) groups excluding carboxylic acids is 1. The third-order valence-corrected chi connectivity index (χ3v) is 3.70. The molecule has 0 unspecified atom stereocenters. The number of benzene rings is 1. The SMILES string of the molecule is CCCC(C)(C)NC(=O)c1cccc(Br)c1C. The first-order chi connectivity index (χ1) is 7.87. The number of amides is 1. The lowest BCUT2D eigenvalue weighted by molar-refractivity contribution is 0.0908. The van der Waals surface area contributed by atoms with Crippen LogP contribution < -0.4 is 5.32 Å². The first kappa shape index (κ1) is 14.2. The summed E-state index contributed by atoms with van der Waals surface area (Å²) in [5, 5.41) is 3.08. The number of hydrogen-bond acceptors (Lipinski definition) is 1. The topological polar surface area (TPSA) is 29.1 Å². The second-order valence-corrected chi connectivity index (χ2v) is 5.85. The maximum Gasteiger partial charge on any atom is 0.251 e. The molecule has 1 aromatic carbocycles. The summed E-state index contributed by atoms with van der Waals surface area (Å²) in [7, 11) is 0. The van der Waals surface area contributed by atoms with Crippen molar-refractivity contribution < 1.29 is 4.79 Å². The van der Waals surface area contributed by atoms with E-state index in [-0.39, 0.29) is 11.4 Å². The van der Waals surface area contributed by atoms with Crippen LogP contribution in [0.3, 0.4) is 0 Å². The van der Waals surface area contributed by atoms with E-state index in [0.717, 1.165) is 28.4 Å². The molecule has 2 nitrogen and oxygen atoms in total. The van der Waals surface area contributed by atoms with Crippen LogP contribution in [0.25, 0.3) is 0 Å². The number of nitrogens with one attached hydrogen (secondary N) is 1. The maximum atomic E-state index is 12.2. The van der Waals surface area contributed by atoms with Crippen LogP contribution in [0.4, 0.5) is 0 Å². The first-order valence-corrected chi connectivity index (χ1v) is 6.74. The summed E-state index contributed by atoms with van der Waals surface area (Å²) < 4.78 is 0.971. The van der Waals surface area contributed by atoms with E-state index in [1.807, 2.05) is 25.1 Å². The van der Waals surface area contributed by atoms with Gasteiger partial charge in [0.25, 0.3) is 5.91 Å². The molecule has 0 aliphatic rings. The van der Waals surface area contributed by atoms with Gasteiger partial charge in [-0.05, 0) is 44.9 Å². The van der Waals surface area contributed by atoms with Crippen molar-refractivity contribution in [2.24, 2.45) is 0 Å². The molecule has 0 aliphatic carbocycles. The molecule has 0 spiro atoms. The number of rotatable bonds is 4. The zero-order valence-corrected chi connectivity index (χ0v) is 12.5. The second-order valence-electron chi connectivity index (χ2n) is 5.00. The summed E-state index contributed by atoms with van der Waals surface area (Å²) in [5.74, 6) is 0.00208. The van der Waals surface area contributed by atoms with Crippen LogP contribution in [0, 0.1) is 6.92 Å². The molecule has 0 bridgehead atoms. The van der Waals surface area contributed by atoms with E-state index in [4.69, 9.17) is 0 Å². The highest BCUT2D eigenvalue weighted by molar-refractivity contribution is 9.10. The Hall–Kier alpha value is -0.830. The smallest absolute Gasteiger partial charge is 0.251 e. The molecule has 0 heterocycles. The van der Waals surface area contributed by atoms with E-state index in [0.29, 0.717) is 0 Å². The van der Waals surface area contributed by atoms with Crippen molar-refractivity contribution in [3.05, 3.63) is 33.8 Å². The van der Waals surface area contributed by atoms with Gasteiger partial charge in [0.05, 0.1) is 0 Å². The van der Waals surface area contributed by atoms with Crippen molar-refractivity contribution in [1.82, 2.24) is 5.32 Å². The quantitative estimate of drug-likeness (QED) is 0.892. The van der Waals surface area contributed by atoms with Crippen LogP contribution in [-0.2, 0) is 0 Å². The predicted octanol–water partition coefficient (Wildman–Crippen LogP) is 4.07. The van der Waals surface area contributed by atoms with Gasteiger partial charge >= 0.3 is 0 Å². The normalized spacial score (nSPS) is 11.4. The molecule has 3 heteroatoms. The van der Waals surface area contributed by atoms with Gasteiger partial charge in [0.15, 0.2) is 0 Å². The van der Waals surface area contributed by atoms with Gasteiger partial charge in [-0.1, -0.05) is 35.3 Å². The Kier molecular flexibility index (Phi) is 4.75. The molecular weight excluding hydrogens is 278 g/mol. The minimum atomic E-state index is -0.152. The summed E-state index contributed by atoms with van der Waals surface area (Å²) in [4.78, 5) is 12.2. The van der Waals surface area contributed by atoms with Gasteiger partial charge in [0, 0.05) is 15.6 Å². The van der Waals surface area contributed by atoms with Crippen molar-refractivity contribution in [3.8, 4) is 0 Å². The fourth-order valence-corrected chi connectivity index (χ4v) is 2.28. The Balaban J connectivity index is 2.87.